The molecule has 29 heavy (non-hydrogen) atoms. The molecule has 3 rings (SSSR count). The third-order valence-electron chi connectivity index (χ3n) is 4.82. The molecule has 150 valence electrons. The number of Topliss-reactive ketones (excluding diaryl/α,β-unsaturated/α-hetero) is 1. The van der Waals surface area contributed by atoms with E-state index in [1.165, 1.54) is 0 Å². The van der Waals surface area contributed by atoms with Crippen molar-refractivity contribution in [2.45, 2.75) is 5.92 Å². The minimum absolute atomic E-state index is 0.0578. The highest BCUT2D eigenvalue weighted by molar-refractivity contribution is 6.03. The number of hydrogen-bond donors (Lipinski definition) is 0. The molecule has 0 aromatic heterocycles. The van der Waals surface area contributed by atoms with Gasteiger partial charge in [-0.25, -0.2) is 0 Å². The third kappa shape index (κ3) is 4.19. The quantitative estimate of drug-likeness (QED) is 0.519. The van der Waals surface area contributed by atoms with E-state index in [-0.39, 0.29) is 5.78 Å². The monoisotopic (exact) mass is 392 g/mol. The lowest BCUT2D eigenvalue weighted by molar-refractivity contribution is 0.0971. The van der Waals surface area contributed by atoms with Crippen molar-refractivity contribution < 1.29 is 23.7 Å². The molecule has 0 amide bonds. The zero-order valence-corrected chi connectivity index (χ0v) is 17.0. The fourth-order valence-electron chi connectivity index (χ4n) is 3.33. The molecule has 0 radical (unpaired) electrons. The molecule has 0 spiro atoms. The van der Waals surface area contributed by atoms with E-state index in [4.69, 9.17) is 18.9 Å². The molecule has 3 aromatic rings. The fourth-order valence-corrected chi connectivity index (χ4v) is 3.33. The van der Waals surface area contributed by atoms with Crippen LogP contribution >= 0.6 is 0 Å². The smallest absolute Gasteiger partial charge is 0.174 e. The number of ether oxygens (including phenoxy) is 4. The van der Waals surface area contributed by atoms with Gasteiger partial charge in [0.15, 0.2) is 5.78 Å². The van der Waals surface area contributed by atoms with Crippen molar-refractivity contribution in [3.63, 3.8) is 0 Å². The summed E-state index contributed by atoms with van der Waals surface area (Å²) in [6.45, 7) is 0. The fraction of sp³-hybridized carbons (Fsp3) is 0.208. The van der Waals surface area contributed by atoms with Gasteiger partial charge in [-0.15, -0.1) is 0 Å². The summed E-state index contributed by atoms with van der Waals surface area (Å²) >= 11 is 0. The number of carbonyl (C=O) groups excluding carboxylic acids is 1. The molecule has 0 unspecified atom stereocenters. The van der Waals surface area contributed by atoms with Crippen molar-refractivity contribution in [3.8, 4) is 23.0 Å². The van der Waals surface area contributed by atoms with Gasteiger partial charge in [0, 0.05) is 28.8 Å². The van der Waals surface area contributed by atoms with E-state index in [0.717, 1.165) is 11.1 Å². The minimum atomic E-state index is -0.626. The standard InChI is InChI=1S/C24H24O5/c1-26-17-10-12-19(21(14-17)28-3)23(24(25)16-8-6-5-7-9-16)20-13-11-18(27-2)15-22(20)29-4/h5-15,23H,1-4H3. The van der Waals surface area contributed by atoms with Crippen molar-refractivity contribution in [1.29, 1.82) is 0 Å². The molecular formula is C24H24O5. The average Bonchev–Trinajstić information content (AvgIpc) is 2.79. The maximum Gasteiger partial charge on any atom is 0.174 e. The van der Waals surface area contributed by atoms with Crippen LogP contribution in [-0.2, 0) is 0 Å². The molecule has 5 nitrogen and oxygen atoms in total. The SMILES string of the molecule is COc1ccc(C(C(=O)c2ccccc2)c2ccc(OC)cc2OC)c(OC)c1. The summed E-state index contributed by atoms with van der Waals surface area (Å²) < 4.78 is 21.8. The van der Waals surface area contributed by atoms with Gasteiger partial charge in [-0.2, -0.15) is 0 Å². The molecule has 3 aromatic carbocycles. The first-order valence-corrected chi connectivity index (χ1v) is 9.16. The molecule has 0 saturated carbocycles. The molecule has 0 saturated heterocycles. The molecule has 5 heteroatoms. The molecule has 0 bridgehead atoms. The van der Waals surface area contributed by atoms with Gasteiger partial charge in [0.2, 0.25) is 0 Å². The van der Waals surface area contributed by atoms with Crippen molar-refractivity contribution >= 4 is 5.78 Å². The Kier molecular flexibility index (Phi) is 6.39. The molecule has 0 N–H and O–H groups in total. The Bertz CT molecular complexity index is 926. The lowest BCUT2D eigenvalue weighted by Crippen LogP contribution is -2.16. The lowest BCUT2D eigenvalue weighted by atomic mass is 9.83. The van der Waals surface area contributed by atoms with Gasteiger partial charge in [-0.1, -0.05) is 42.5 Å². The Morgan fingerprint density at radius 3 is 1.55 bits per heavy atom. The largest absolute Gasteiger partial charge is 0.497 e. The maximum absolute atomic E-state index is 13.6. The zero-order chi connectivity index (χ0) is 20.8. The summed E-state index contributed by atoms with van der Waals surface area (Å²) in [6, 6.07) is 20.1. The molecule has 0 atom stereocenters. The van der Waals surface area contributed by atoms with E-state index in [2.05, 4.69) is 0 Å². The number of methoxy groups -OCH3 is 4. The summed E-state index contributed by atoms with van der Waals surface area (Å²) in [7, 11) is 6.34. The number of carbonyl (C=O) groups is 1. The van der Waals surface area contributed by atoms with E-state index in [1.807, 2.05) is 42.5 Å². The van der Waals surface area contributed by atoms with Crippen molar-refractivity contribution in [2.24, 2.45) is 0 Å². The van der Waals surface area contributed by atoms with Crippen LogP contribution in [0.5, 0.6) is 23.0 Å². The predicted octanol–water partition coefficient (Wildman–Crippen LogP) is 4.74. The average molecular weight is 392 g/mol. The highest BCUT2D eigenvalue weighted by Crippen LogP contribution is 2.41. The van der Waals surface area contributed by atoms with E-state index >= 15 is 0 Å². The number of hydrogen-bond acceptors (Lipinski definition) is 5. The Morgan fingerprint density at radius 1 is 0.655 bits per heavy atom. The topological polar surface area (TPSA) is 54.0 Å². The van der Waals surface area contributed by atoms with Crippen LogP contribution in [0.15, 0.2) is 66.7 Å². The van der Waals surface area contributed by atoms with E-state index < -0.39 is 5.92 Å². The number of benzene rings is 3. The van der Waals surface area contributed by atoms with Gasteiger partial charge in [0.25, 0.3) is 0 Å². The summed E-state index contributed by atoms with van der Waals surface area (Å²) in [5.41, 5.74) is 2.06. The van der Waals surface area contributed by atoms with Crippen LogP contribution in [-0.4, -0.2) is 34.2 Å². The molecule has 0 heterocycles. The highest BCUT2D eigenvalue weighted by atomic mass is 16.5. The van der Waals surface area contributed by atoms with E-state index in [1.54, 1.807) is 52.7 Å². The zero-order valence-electron chi connectivity index (χ0n) is 17.0. The first kappa shape index (κ1) is 20.3. The predicted molar refractivity (Wildman–Crippen MR) is 112 cm³/mol. The maximum atomic E-state index is 13.6. The first-order chi connectivity index (χ1) is 14.1. The summed E-state index contributed by atoms with van der Waals surface area (Å²) in [6.07, 6.45) is 0. The van der Waals surface area contributed by atoms with E-state index in [0.29, 0.717) is 28.6 Å². The van der Waals surface area contributed by atoms with Crippen LogP contribution in [0.1, 0.15) is 27.4 Å². The van der Waals surface area contributed by atoms with Gasteiger partial charge >= 0.3 is 0 Å². The van der Waals surface area contributed by atoms with Crippen molar-refractivity contribution in [3.05, 3.63) is 83.4 Å². The Morgan fingerprint density at radius 2 is 1.14 bits per heavy atom. The van der Waals surface area contributed by atoms with Gasteiger partial charge in [-0.3, -0.25) is 4.79 Å². The number of ketones is 1. The van der Waals surface area contributed by atoms with Crippen LogP contribution in [0.3, 0.4) is 0 Å². The summed E-state index contributed by atoms with van der Waals surface area (Å²) in [4.78, 5) is 13.6. The summed E-state index contributed by atoms with van der Waals surface area (Å²) in [5, 5.41) is 0. The highest BCUT2D eigenvalue weighted by Gasteiger charge is 2.30. The molecule has 0 aliphatic rings. The second kappa shape index (κ2) is 9.15. The third-order valence-corrected chi connectivity index (χ3v) is 4.82. The van der Waals surface area contributed by atoms with Crippen LogP contribution in [0, 0.1) is 0 Å². The molecular weight excluding hydrogens is 368 g/mol. The van der Waals surface area contributed by atoms with Gasteiger partial charge in [0.1, 0.15) is 23.0 Å². The Hall–Kier alpha value is -3.47. The van der Waals surface area contributed by atoms with E-state index in [9.17, 15) is 4.79 Å². The Labute approximate surface area is 170 Å². The van der Waals surface area contributed by atoms with Crippen LogP contribution in [0.25, 0.3) is 0 Å². The molecule has 0 fully saturated rings. The Balaban J connectivity index is 2.22. The lowest BCUT2D eigenvalue weighted by Gasteiger charge is -2.22. The van der Waals surface area contributed by atoms with Crippen LogP contribution < -0.4 is 18.9 Å². The van der Waals surface area contributed by atoms with Gasteiger partial charge < -0.3 is 18.9 Å². The summed E-state index contributed by atoms with van der Waals surface area (Å²) in [5.74, 6) is 1.75. The van der Waals surface area contributed by atoms with Crippen LogP contribution in [0.4, 0.5) is 0 Å². The number of rotatable bonds is 8. The van der Waals surface area contributed by atoms with Crippen molar-refractivity contribution in [2.75, 3.05) is 28.4 Å². The van der Waals surface area contributed by atoms with Crippen molar-refractivity contribution in [1.82, 2.24) is 0 Å². The second-order valence-electron chi connectivity index (χ2n) is 6.38. The molecule has 0 aliphatic carbocycles. The normalized spacial score (nSPS) is 10.5. The molecule has 0 aliphatic heterocycles. The van der Waals surface area contributed by atoms with Gasteiger partial charge in [-0.05, 0) is 12.1 Å². The first-order valence-electron chi connectivity index (χ1n) is 9.16. The van der Waals surface area contributed by atoms with Crippen LogP contribution in [0.2, 0.25) is 0 Å². The second-order valence-corrected chi connectivity index (χ2v) is 6.38. The minimum Gasteiger partial charge on any atom is -0.497 e. The van der Waals surface area contributed by atoms with Gasteiger partial charge in [0.05, 0.1) is 34.4 Å².